The molecule has 0 saturated heterocycles. The van der Waals surface area contributed by atoms with Crippen molar-refractivity contribution >= 4 is 23.0 Å². The first kappa shape index (κ1) is 18.5. The Morgan fingerprint density at radius 1 is 0.778 bits per heavy atom. The van der Waals surface area contributed by atoms with Gasteiger partial charge in [0.05, 0.1) is 5.70 Å². The van der Waals surface area contributed by atoms with Gasteiger partial charge in [-0.3, -0.25) is 4.79 Å². The van der Waals surface area contributed by atoms with Crippen molar-refractivity contribution < 1.29 is 4.79 Å². The molecule has 0 aliphatic carbocycles. The molecule has 0 saturated carbocycles. The molecule has 1 amide bonds. The smallest absolute Gasteiger partial charge is 0.226 e. The lowest BCUT2D eigenvalue weighted by atomic mass is 10.1. The molecular weight excluding hydrogens is 332 g/mol. The monoisotopic (exact) mass is 356 g/mol. The number of hydrogen-bond acceptors (Lipinski definition) is 2. The van der Waals surface area contributed by atoms with Gasteiger partial charge in [-0.25, -0.2) is 0 Å². The molecule has 0 heterocycles. The fourth-order valence-corrected chi connectivity index (χ4v) is 2.77. The zero-order valence-corrected chi connectivity index (χ0v) is 15.7. The molecule has 136 valence electrons. The standard InChI is InChI=1S/C24H24N2O/c1-19(2)24(27)25-18-23(20-12-6-3-7-13-20)26(21-14-8-4-9-15-21)22-16-10-5-11-17-22/h3-19H,1-2H3,(H,25,27). The summed E-state index contributed by atoms with van der Waals surface area (Å²) in [6.07, 6.45) is 1.80. The predicted molar refractivity (Wildman–Crippen MR) is 112 cm³/mol. The van der Waals surface area contributed by atoms with Crippen LogP contribution in [-0.4, -0.2) is 5.91 Å². The molecule has 27 heavy (non-hydrogen) atoms. The third kappa shape index (κ3) is 4.64. The molecule has 0 fully saturated rings. The fraction of sp³-hybridized carbons (Fsp3) is 0.125. The number of nitrogens with one attached hydrogen (secondary N) is 1. The van der Waals surface area contributed by atoms with Gasteiger partial charge in [-0.15, -0.1) is 0 Å². The molecule has 0 bridgehead atoms. The second-order valence-electron chi connectivity index (χ2n) is 6.57. The molecule has 1 N–H and O–H groups in total. The molecule has 0 radical (unpaired) electrons. The Morgan fingerprint density at radius 3 is 1.67 bits per heavy atom. The van der Waals surface area contributed by atoms with Crippen LogP contribution in [0.2, 0.25) is 0 Å². The lowest BCUT2D eigenvalue weighted by molar-refractivity contribution is -0.123. The van der Waals surface area contributed by atoms with Crippen molar-refractivity contribution in [2.75, 3.05) is 4.90 Å². The maximum absolute atomic E-state index is 12.2. The Hall–Kier alpha value is -3.33. The van der Waals surface area contributed by atoms with E-state index in [1.54, 1.807) is 6.20 Å². The minimum Gasteiger partial charge on any atom is -0.330 e. The van der Waals surface area contributed by atoms with E-state index in [-0.39, 0.29) is 11.8 Å². The zero-order valence-electron chi connectivity index (χ0n) is 15.7. The molecule has 3 heteroatoms. The first-order valence-corrected chi connectivity index (χ1v) is 9.13. The summed E-state index contributed by atoms with van der Waals surface area (Å²) < 4.78 is 0. The van der Waals surface area contributed by atoms with Crippen molar-refractivity contribution in [2.24, 2.45) is 5.92 Å². The van der Waals surface area contributed by atoms with Crippen molar-refractivity contribution in [3.63, 3.8) is 0 Å². The highest BCUT2D eigenvalue weighted by Gasteiger charge is 2.17. The van der Waals surface area contributed by atoms with E-state index in [9.17, 15) is 4.79 Å². The van der Waals surface area contributed by atoms with Crippen LogP contribution in [0, 0.1) is 5.92 Å². The van der Waals surface area contributed by atoms with Crippen molar-refractivity contribution in [3.8, 4) is 0 Å². The molecular formula is C24H24N2O. The predicted octanol–water partition coefficient (Wildman–Crippen LogP) is 5.60. The van der Waals surface area contributed by atoms with Crippen LogP contribution in [0.1, 0.15) is 19.4 Å². The SMILES string of the molecule is CC(C)C(=O)NC=C(c1ccccc1)N(c1ccccc1)c1ccccc1. The van der Waals surface area contributed by atoms with Crippen LogP contribution < -0.4 is 10.2 Å². The van der Waals surface area contributed by atoms with Crippen LogP contribution in [-0.2, 0) is 4.79 Å². The first-order valence-electron chi connectivity index (χ1n) is 9.13. The molecule has 3 rings (SSSR count). The van der Waals surface area contributed by atoms with E-state index in [2.05, 4.69) is 34.5 Å². The molecule has 0 aliphatic heterocycles. The van der Waals surface area contributed by atoms with Gasteiger partial charge in [0.15, 0.2) is 0 Å². The molecule has 0 aliphatic rings. The van der Waals surface area contributed by atoms with E-state index in [4.69, 9.17) is 0 Å². The van der Waals surface area contributed by atoms with Crippen LogP contribution in [0.4, 0.5) is 11.4 Å². The Morgan fingerprint density at radius 2 is 1.22 bits per heavy atom. The second-order valence-corrected chi connectivity index (χ2v) is 6.57. The van der Waals surface area contributed by atoms with E-state index < -0.39 is 0 Å². The summed E-state index contributed by atoms with van der Waals surface area (Å²) in [6, 6.07) is 30.4. The zero-order chi connectivity index (χ0) is 19.1. The summed E-state index contributed by atoms with van der Waals surface area (Å²) in [5.41, 5.74) is 3.98. The average Bonchev–Trinajstić information content (AvgIpc) is 2.72. The Labute approximate surface area is 161 Å². The van der Waals surface area contributed by atoms with Gasteiger partial charge < -0.3 is 10.2 Å². The highest BCUT2D eigenvalue weighted by Crippen LogP contribution is 2.34. The number of carbonyl (C=O) groups is 1. The first-order chi connectivity index (χ1) is 13.2. The van der Waals surface area contributed by atoms with E-state index >= 15 is 0 Å². The van der Waals surface area contributed by atoms with Crippen LogP contribution in [0.15, 0.2) is 97.2 Å². The van der Waals surface area contributed by atoms with Gasteiger partial charge in [0.25, 0.3) is 0 Å². The van der Waals surface area contributed by atoms with E-state index in [0.717, 1.165) is 22.6 Å². The summed E-state index contributed by atoms with van der Waals surface area (Å²) in [7, 11) is 0. The minimum atomic E-state index is -0.0832. The second kappa shape index (κ2) is 8.86. The highest BCUT2D eigenvalue weighted by molar-refractivity contribution is 5.89. The Balaban J connectivity index is 2.13. The molecule has 0 atom stereocenters. The summed E-state index contributed by atoms with van der Waals surface area (Å²) in [5.74, 6) is -0.0929. The third-order valence-corrected chi connectivity index (χ3v) is 4.21. The van der Waals surface area contributed by atoms with Crippen molar-refractivity contribution in [1.29, 1.82) is 0 Å². The number of anilines is 2. The van der Waals surface area contributed by atoms with Crippen LogP contribution in [0.3, 0.4) is 0 Å². The number of rotatable bonds is 6. The maximum Gasteiger partial charge on any atom is 0.226 e. The molecule has 0 aromatic heterocycles. The molecule has 3 nitrogen and oxygen atoms in total. The molecule has 0 unspecified atom stereocenters. The van der Waals surface area contributed by atoms with Crippen LogP contribution in [0.25, 0.3) is 5.70 Å². The summed E-state index contributed by atoms with van der Waals surface area (Å²) in [4.78, 5) is 14.3. The molecule has 0 spiro atoms. The number of hydrogen-bond donors (Lipinski definition) is 1. The topological polar surface area (TPSA) is 32.3 Å². The van der Waals surface area contributed by atoms with Crippen molar-refractivity contribution in [1.82, 2.24) is 5.32 Å². The fourth-order valence-electron chi connectivity index (χ4n) is 2.77. The van der Waals surface area contributed by atoms with Crippen molar-refractivity contribution in [3.05, 3.63) is 103 Å². The van der Waals surface area contributed by atoms with E-state index in [0.29, 0.717) is 0 Å². The number of amides is 1. The molecule has 3 aromatic carbocycles. The van der Waals surface area contributed by atoms with Gasteiger partial charge in [0.2, 0.25) is 5.91 Å². The van der Waals surface area contributed by atoms with Gasteiger partial charge in [0, 0.05) is 23.5 Å². The number of carbonyl (C=O) groups excluding carboxylic acids is 1. The van der Waals surface area contributed by atoms with Gasteiger partial charge in [-0.1, -0.05) is 80.6 Å². The maximum atomic E-state index is 12.2. The number of para-hydroxylation sites is 2. The van der Waals surface area contributed by atoms with E-state index in [1.165, 1.54) is 0 Å². The van der Waals surface area contributed by atoms with Gasteiger partial charge >= 0.3 is 0 Å². The van der Waals surface area contributed by atoms with Crippen molar-refractivity contribution in [2.45, 2.75) is 13.8 Å². The highest BCUT2D eigenvalue weighted by atomic mass is 16.1. The Kier molecular flexibility index (Phi) is 6.06. The number of benzene rings is 3. The lowest BCUT2D eigenvalue weighted by Gasteiger charge is -2.28. The minimum absolute atomic E-state index is 0.00972. The normalized spacial score (nSPS) is 11.3. The van der Waals surface area contributed by atoms with Gasteiger partial charge in [-0.2, -0.15) is 0 Å². The average molecular weight is 356 g/mol. The van der Waals surface area contributed by atoms with Crippen LogP contribution >= 0.6 is 0 Å². The third-order valence-electron chi connectivity index (χ3n) is 4.21. The summed E-state index contributed by atoms with van der Waals surface area (Å²) >= 11 is 0. The quantitative estimate of drug-likeness (QED) is 0.624. The van der Waals surface area contributed by atoms with Crippen LogP contribution in [0.5, 0.6) is 0 Å². The summed E-state index contributed by atoms with van der Waals surface area (Å²) in [6.45, 7) is 3.77. The van der Waals surface area contributed by atoms with Gasteiger partial charge in [0.1, 0.15) is 0 Å². The lowest BCUT2D eigenvalue weighted by Crippen LogP contribution is -2.25. The van der Waals surface area contributed by atoms with E-state index in [1.807, 2.05) is 80.6 Å². The van der Waals surface area contributed by atoms with Gasteiger partial charge in [-0.05, 0) is 29.8 Å². The number of nitrogens with zero attached hydrogens (tertiary/aromatic N) is 1. The Bertz CT molecular complexity index is 848. The largest absolute Gasteiger partial charge is 0.330 e. The molecule has 3 aromatic rings. The summed E-state index contributed by atoms with van der Waals surface area (Å²) in [5, 5.41) is 2.96.